The van der Waals surface area contributed by atoms with E-state index in [4.69, 9.17) is 9.47 Å². The molecular formula is C20H24N2O4. The molecule has 2 aromatic carbocycles. The molecule has 0 heterocycles. The summed E-state index contributed by atoms with van der Waals surface area (Å²) in [5.74, 6) is 1.09. The molecule has 0 aliphatic rings. The number of hydrogen-bond donors (Lipinski definition) is 1. The molecule has 0 spiro atoms. The van der Waals surface area contributed by atoms with Crippen LogP contribution in [0.1, 0.15) is 12.5 Å². The van der Waals surface area contributed by atoms with Crippen LogP contribution in [-0.4, -0.2) is 43.5 Å². The van der Waals surface area contributed by atoms with E-state index in [0.29, 0.717) is 25.4 Å². The molecule has 0 fully saturated rings. The number of carbonyl (C=O) groups is 2. The van der Waals surface area contributed by atoms with Crippen molar-refractivity contribution in [3.63, 3.8) is 0 Å². The molecular weight excluding hydrogens is 332 g/mol. The Kier molecular flexibility index (Phi) is 7.49. The van der Waals surface area contributed by atoms with Crippen LogP contribution >= 0.6 is 0 Å². The number of methoxy groups -OCH3 is 1. The maximum absolute atomic E-state index is 11.9. The standard InChI is InChI=1S/C20H24N2O4/c1-16(23)22(14-17-8-6-7-11-19(17)25-2)13-12-21-20(24)15-26-18-9-4-3-5-10-18/h3-11H,12-15H2,1-2H3,(H,21,24). The van der Waals surface area contributed by atoms with E-state index >= 15 is 0 Å². The van der Waals surface area contributed by atoms with E-state index in [1.54, 1.807) is 24.1 Å². The zero-order valence-corrected chi connectivity index (χ0v) is 15.1. The fourth-order valence-corrected chi connectivity index (χ4v) is 2.43. The first-order chi connectivity index (χ1) is 12.6. The lowest BCUT2D eigenvalue weighted by Gasteiger charge is -2.22. The lowest BCUT2D eigenvalue weighted by molar-refractivity contribution is -0.130. The van der Waals surface area contributed by atoms with Gasteiger partial charge in [0.05, 0.1) is 7.11 Å². The average Bonchev–Trinajstić information content (AvgIpc) is 2.66. The van der Waals surface area contributed by atoms with Gasteiger partial charge in [-0.15, -0.1) is 0 Å². The summed E-state index contributed by atoms with van der Waals surface area (Å²) in [5, 5.41) is 2.76. The number of rotatable bonds is 9. The van der Waals surface area contributed by atoms with E-state index in [-0.39, 0.29) is 18.4 Å². The molecule has 0 saturated heterocycles. The molecule has 2 aromatic rings. The summed E-state index contributed by atoms with van der Waals surface area (Å²) in [5.41, 5.74) is 0.920. The molecule has 6 nitrogen and oxygen atoms in total. The normalized spacial score (nSPS) is 10.1. The summed E-state index contributed by atoms with van der Waals surface area (Å²) < 4.78 is 10.7. The zero-order valence-electron chi connectivity index (χ0n) is 15.1. The Balaban J connectivity index is 1.79. The molecule has 6 heteroatoms. The van der Waals surface area contributed by atoms with E-state index in [9.17, 15) is 9.59 Å². The van der Waals surface area contributed by atoms with Crippen molar-refractivity contribution in [2.75, 3.05) is 26.8 Å². The largest absolute Gasteiger partial charge is 0.496 e. The number of amides is 2. The van der Waals surface area contributed by atoms with Gasteiger partial charge in [0.15, 0.2) is 6.61 Å². The second kappa shape index (κ2) is 10.1. The van der Waals surface area contributed by atoms with Gasteiger partial charge in [-0.1, -0.05) is 36.4 Å². The van der Waals surface area contributed by atoms with Crippen LogP contribution in [0.15, 0.2) is 54.6 Å². The van der Waals surface area contributed by atoms with E-state index in [0.717, 1.165) is 11.3 Å². The third kappa shape index (κ3) is 6.12. The maximum atomic E-state index is 11.9. The first-order valence-corrected chi connectivity index (χ1v) is 8.42. The number of ether oxygens (including phenoxy) is 2. The molecule has 0 aromatic heterocycles. The van der Waals surface area contributed by atoms with Gasteiger partial charge in [0.25, 0.3) is 5.91 Å². The monoisotopic (exact) mass is 356 g/mol. The highest BCUT2D eigenvalue weighted by Gasteiger charge is 2.12. The van der Waals surface area contributed by atoms with Gasteiger partial charge in [-0.2, -0.15) is 0 Å². The molecule has 138 valence electrons. The van der Waals surface area contributed by atoms with E-state index in [2.05, 4.69) is 5.32 Å². The molecule has 2 rings (SSSR count). The Morgan fingerprint density at radius 1 is 1.04 bits per heavy atom. The van der Waals surface area contributed by atoms with Gasteiger partial charge in [0.1, 0.15) is 11.5 Å². The number of hydrogen-bond acceptors (Lipinski definition) is 4. The fourth-order valence-electron chi connectivity index (χ4n) is 2.43. The van der Waals surface area contributed by atoms with Crippen molar-refractivity contribution in [1.29, 1.82) is 0 Å². The molecule has 26 heavy (non-hydrogen) atoms. The highest BCUT2D eigenvalue weighted by atomic mass is 16.5. The molecule has 0 saturated carbocycles. The van der Waals surface area contributed by atoms with Gasteiger partial charge in [0, 0.05) is 32.1 Å². The molecule has 1 N–H and O–H groups in total. The molecule has 0 bridgehead atoms. The van der Waals surface area contributed by atoms with Gasteiger partial charge in [-0.25, -0.2) is 0 Å². The Bertz CT molecular complexity index is 719. The number of nitrogens with zero attached hydrogens (tertiary/aromatic N) is 1. The topological polar surface area (TPSA) is 67.9 Å². The number of carbonyl (C=O) groups excluding carboxylic acids is 2. The lowest BCUT2D eigenvalue weighted by Crippen LogP contribution is -2.38. The molecule has 0 atom stereocenters. The van der Waals surface area contributed by atoms with Crippen LogP contribution in [0.3, 0.4) is 0 Å². The SMILES string of the molecule is COc1ccccc1CN(CCNC(=O)COc1ccccc1)C(C)=O. The number of benzene rings is 2. The summed E-state index contributed by atoms with van der Waals surface area (Å²) in [6.45, 7) is 2.64. The minimum Gasteiger partial charge on any atom is -0.496 e. The van der Waals surface area contributed by atoms with Gasteiger partial charge in [-0.05, 0) is 18.2 Å². The Morgan fingerprint density at radius 2 is 1.73 bits per heavy atom. The molecule has 2 amide bonds. The van der Waals surface area contributed by atoms with E-state index in [1.807, 2.05) is 42.5 Å². The van der Waals surface area contributed by atoms with Crippen molar-refractivity contribution in [2.45, 2.75) is 13.5 Å². The van der Waals surface area contributed by atoms with Gasteiger partial charge < -0.3 is 19.7 Å². The molecule has 0 aliphatic carbocycles. The minimum atomic E-state index is -0.227. The third-order valence-corrected chi connectivity index (χ3v) is 3.82. The number of para-hydroxylation sites is 2. The van der Waals surface area contributed by atoms with Crippen molar-refractivity contribution in [3.05, 3.63) is 60.2 Å². The summed E-state index contributed by atoms with van der Waals surface area (Å²) in [6.07, 6.45) is 0. The predicted octanol–water partition coefficient (Wildman–Crippen LogP) is 2.24. The maximum Gasteiger partial charge on any atom is 0.258 e. The second-order valence-corrected chi connectivity index (χ2v) is 5.70. The van der Waals surface area contributed by atoms with Gasteiger partial charge in [0.2, 0.25) is 5.91 Å². The van der Waals surface area contributed by atoms with Crippen LogP contribution in [-0.2, 0) is 16.1 Å². The van der Waals surface area contributed by atoms with E-state index < -0.39 is 0 Å². The zero-order chi connectivity index (χ0) is 18.8. The Hall–Kier alpha value is -3.02. The van der Waals surface area contributed by atoms with Gasteiger partial charge >= 0.3 is 0 Å². The Labute approximate surface area is 153 Å². The summed E-state index contributed by atoms with van der Waals surface area (Å²) >= 11 is 0. The molecule has 0 radical (unpaired) electrons. The summed E-state index contributed by atoms with van der Waals surface area (Å²) in [4.78, 5) is 25.4. The predicted molar refractivity (Wildman–Crippen MR) is 99.0 cm³/mol. The highest BCUT2D eigenvalue weighted by Crippen LogP contribution is 2.19. The quantitative estimate of drug-likeness (QED) is 0.748. The van der Waals surface area contributed by atoms with E-state index in [1.165, 1.54) is 6.92 Å². The van der Waals surface area contributed by atoms with Crippen molar-refractivity contribution in [3.8, 4) is 11.5 Å². The van der Waals surface area contributed by atoms with Crippen LogP contribution in [0, 0.1) is 0 Å². The smallest absolute Gasteiger partial charge is 0.258 e. The lowest BCUT2D eigenvalue weighted by atomic mass is 10.2. The Morgan fingerprint density at radius 3 is 2.42 bits per heavy atom. The molecule has 0 aliphatic heterocycles. The van der Waals surface area contributed by atoms with Crippen LogP contribution in [0.2, 0.25) is 0 Å². The van der Waals surface area contributed by atoms with Crippen molar-refractivity contribution >= 4 is 11.8 Å². The first kappa shape index (κ1) is 19.3. The minimum absolute atomic E-state index is 0.0589. The fraction of sp³-hybridized carbons (Fsp3) is 0.300. The van der Waals surface area contributed by atoms with Crippen LogP contribution in [0.4, 0.5) is 0 Å². The molecule has 0 unspecified atom stereocenters. The first-order valence-electron chi connectivity index (χ1n) is 8.42. The summed E-state index contributed by atoms with van der Waals surface area (Å²) in [7, 11) is 1.60. The van der Waals surface area contributed by atoms with Crippen molar-refractivity contribution < 1.29 is 19.1 Å². The van der Waals surface area contributed by atoms with Crippen LogP contribution in [0.5, 0.6) is 11.5 Å². The van der Waals surface area contributed by atoms with Crippen LogP contribution < -0.4 is 14.8 Å². The summed E-state index contributed by atoms with van der Waals surface area (Å²) in [6, 6.07) is 16.7. The third-order valence-electron chi connectivity index (χ3n) is 3.82. The van der Waals surface area contributed by atoms with Crippen molar-refractivity contribution in [2.24, 2.45) is 0 Å². The number of nitrogens with one attached hydrogen (secondary N) is 1. The van der Waals surface area contributed by atoms with Crippen molar-refractivity contribution in [1.82, 2.24) is 10.2 Å². The second-order valence-electron chi connectivity index (χ2n) is 5.70. The van der Waals surface area contributed by atoms with Crippen LogP contribution in [0.25, 0.3) is 0 Å². The van der Waals surface area contributed by atoms with Gasteiger partial charge in [-0.3, -0.25) is 9.59 Å². The highest BCUT2D eigenvalue weighted by molar-refractivity contribution is 5.77. The average molecular weight is 356 g/mol.